The number of rotatable bonds is 6. The van der Waals surface area contributed by atoms with Crippen LogP contribution in [0.1, 0.15) is 17.0 Å². The highest BCUT2D eigenvalue weighted by atomic mass is 35.5. The number of halogens is 1. The molecule has 5 nitrogen and oxygen atoms in total. The predicted octanol–water partition coefficient (Wildman–Crippen LogP) is 2.94. The van der Waals surface area contributed by atoms with Crippen LogP contribution in [-0.2, 0) is 13.2 Å². The standard InChI is InChI=1S/C14H17ClN2O3/c1-9-4-12(17-20-9)8-19-14-10(7-16-2)5-11(15)6-13(14)18-3/h4-6,16H,7-8H2,1-3H3. The van der Waals surface area contributed by atoms with Gasteiger partial charge in [0.2, 0.25) is 0 Å². The molecule has 0 saturated heterocycles. The molecule has 0 spiro atoms. The predicted molar refractivity (Wildman–Crippen MR) is 76.3 cm³/mol. The minimum Gasteiger partial charge on any atom is -0.493 e. The van der Waals surface area contributed by atoms with Crippen LogP contribution in [0.4, 0.5) is 0 Å². The van der Waals surface area contributed by atoms with Crippen LogP contribution >= 0.6 is 11.6 Å². The van der Waals surface area contributed by atoms with E-state index in [0.717, 1.165) is 17.0 Å². The molecule has 0 aliphatic heterocycles. The summed E-state index contributed by atoms with van der Waals surface area (Å²) >= 11 is 6.07. The highest BCUT2D eigenvalue weighted by Gasteiger charge is 2.13. The molecular formula is C14H17ClN2O3. The van der Waals surface area contributed by atoms with Gasteiger partial charge in [-0.2, -0.15) is 0 Å². The molecule has 0 unspecified atom stereocenters. The lowest BCUT2D eigenvalue weighted by atomic mass is 10.2. The maximum atomic E-state index is 6.07. The second kappa shape index (κ2) is 6.63. The van der Waals surface area contributed by atoms with E-state index in [9.17, 15) is 0 Å². The monoisotopic (exact) mass is 296 g/mol. The molecule has 0 radical (unpaired) electrons. The number of methoxy groups -OCH3 is 1. The van der Waals surface area contributed by atoms with E-state index in [0.29, 0.717) is 29.7 Å². The summed E-state index contributed by atoms with van der Waals surface area (Å²) in [5, 5.41) is 7.58. The fourth-order valence-corrected chi connectivity index (χ4v) is 2.12. The Morgan fingerprint density at radius 1 is 1.35 bits per heavy atom. The van der Waals surface area contributed by atoms with Crippen molar-refractivity contribution in [3.63, 3.8) is 0 Å². The van der Waals surface area contributed by atoms with Crippen LogP contribution in [0.3, 0.4) is 0 Å². The second-order valence-corrected chi connectivity index (χ2v) is 4.78. The van der Waals surface area contributed by atoms with Crippen molar-refractivity contribution in [3.05, 3.63) is 40.2 Å². The zero-order valence-corrected chi connectivity index (χ0v) is 12.5. The average Bonchev–Trinajstić information content (AvgIpc) is 2.83. The molecule has 1 aromatic carbocycles. The number of nitrogens with zero attached hydrogens (tertiary/aromatic N) is 1. The van der Waals surface area contributed by atoms with Gasteiger partial charge in [0.1, 0.15) is 18.1 Å². The summed E-state index contributed by atoms with van der Waals surface area (Å²) in [5.74, 6) is 2.01. The van der Waals surface area contributed by atoms with Crippen LogP contribution in [0.5, 0.6) is 11.5 Å². The maximum Gasteiger partial charge on any atom is 0.166 e. The Labute approximate surface area is 122 Å². The third kappa shape index (κ3) is 3.43. The van der Waals surface area contributed by atoms with Crippen LogP contribution in [-0.4, -0.2) is 19.3 Å². The first-order chi connectivity index (χ1) is 9.63. The summed E-state index contributed by atoms with van der Waals surface area (Å²) in [7, 11) is 3.44. The highest BCUT2D eigenvalue weighted by molar-refractivity contribution is 6.30. The highest BCUT2D eigenvalue weighted by Crippen LogP contribution is 2.35. The molecule has 0 fully saturated rings. The van der Waals surface area contributed by atoms with E-state index in [1.807, 2.05) is 26.1 Å². The first-order valence-corrected chi connectivity index (χ1v) is 6.58. The van der Waals surface area contributed by atoms with Gasteiger partial charge in [0, 0.05) is 29.3 Å². The largest absolute Gasteiger partial charge is 0.493 e. The van der Waals surface area contributed by atoms with Crippen molar-refractivity contribution in [2.45, 2.75) is 20.1 Å². The number of hydrogen-bond acceptors (Lipinski definition) is 5. The molecule has 1 aromatic heterocycles. The minimum absolute atomic E-state index is 0.312. The molecule has 20 heavy (non-hydrogen) atoms. The topological polar surface area (TPSA) is 56.5 Å². The SMILES string of the molecule is CNCc1cc(Cl)cc(OC)c1OCc1cc(C)on1. The summed E-state index contributed by atoms with van der Waals surface area (Å²) in [6.45, 7) is 2.78. The number of aromatic nitrogens is 1. The van der Waals surface area contributed by atoms with Crippen LogP contribution in [0, 0.1) is 6.92 Å². The summed E-state index contributed by atoms with van der Waals surface area (Å²) < 4.78 is 16.2. The molecule has 0 atom stereocenters. The number of nitrogens with one attached hydrogen (secondary N) is 1. The molecule has 0 saturated carbocycles. The third-order valence-corrected chi connectivity index (χ3v) is 2.94. The molecule has 0 aliphatic carbocycles. The molecular weight excluding hydrogens is 280 g/mol. The average molecular weight is 297 g/mol. The van der Waals surface area contributed by atoms with Crippen LogP contribution in [0.2, 0.25) is 5.02 Å². The lowest BCUT2D eigenvalue weighted by Gasteiger charge is -2.15. The molecule has 1 N–H and O–H groups in total. The van der Waals surface area contributed by atoms with Crippen molar-refractivity contribution < 1.29 is 14.0 Å². The molecule has 0 bridgehead atoms. The second-order valence-electron chi connectivity index (χ2n) is 4.34. The molecule has 2 aromatic rings. The maximum absolute atomic E-state index is 6.07. The van der Waals surface area contributed by atoms with Gasteiger partial charge in [-0.05, 0) is 20.0 Å². The molecule has 1 heterocycles. The zero-order valence-electron chi connectivity index (χ0n) is 11.7. The Morgan fingerprint density at radius 3 is 2.75 bits per heavy atom. The van der Waals surface area contributed by atoms with Gasteiger partial charge in [-0.15, -0.1) is 0 Å². The smallest absolute Gasteiger partial charge is 0.166 e. The quantitative estimate of drug-likeness (QED) is 0.888. The van der Waals surface area contributed by atoms with Gasteiger partial charge in [0.15, 0.2) is 11.5 Å². The Kier molecular flexibility index (Phi) is 4.87. The third-order valence-electron chi connectivity index (χ3n) is 2.72. The van der Waals surface area contributed by atoms with Crippen molar-refractivity contribution >= 4 is 11.6 Å². The van der Waals surface area contributed by atoms with E-state index in [1.165, 1.54) is 0 Å². The van der Waals surface area contributed by atoms with E-state index in [1.54, 1.807) is 13.2 Å². The Bertz CT molecular complexity index is 584. The lowest BCUT2D eigenvalue weighted by Crippen LogP contribution is -2.09. The molecule has 2 rings (SSSR count). The Balaban J connectivity index is 2.23. The zero-order chi connectivity index (χ0) is 14.5. The van der Waals surface area contributed by atoms with E-state index in [2.05, 4.69) is 10.5 Å². The van der Waals surface area contributed by atoms with E-state index < -0.39 is 0 Å². The minimum atomic E-state index is 0.312. The van der Waals surface area contributed by atoms with Gasteiger partial charge in [-0.1, -0.05) is 16.8 Å². The van der Waals surface area contributed by atoms with Gasteiger partial charge in [0.05, 0.1) is 7.11 Å². The van der Waals surface area contributed by atoms with Crippen LogP contribution < -0.4 is 14.8 Å². The summed E-state index contributed by atoms with van der Waals surface area (Å²) in [6.07, 6.45) is 0. The Morgan fingerprint density at radius 2 is 2.15 bits per heavy atom. The molecule has 0 aliphatic rings. The van der Waals surface area contributed by atoms with Gasteiger partial charge in [0.25, 0.3) is 0 Å². The first-order valence-electron chi connectivity index (χ1n) is 6.20. The number of ether oxygens (including phenoxy) is 2. The molecule has 108 valence electrons. The summed E-state index contributed by atoms with van der Waals surface area (Å²) in [4.78, 5) is 0. The van der Waals surface area contributed by atoms with Crippen molar-refractivity contribution in [1.82, 2.24) is 10.5 Å². The Hall–Kier alpha value is -1.72. The van der Waals surface area contributed by atoms with E-state index in [4.69, 9.17) is 25.6 Å². The first kappa shape index (κ1) is 14.7. The van der Waals surface area contributed by atoms with E-state index in [-0.39, 0.29) is 0 Å². The van der Waals surface area contributed by atoms with Gasteiger partial charge >= 0.3 is 0 Å². The van der Waals surface area contributed by atoms with Crippen molar-refractivity contribution in [3.8, 4) is 11.5 Å². The van der Waals surface area contributed by atoms with Crippen molar-refractivity contribution in [1.29, 1.82) is 0 Å². The van der Waals surface area contributed by atoms with E-state index >= 15 is 0 Å². The van der Waals surface area contributed by atoms with Gasteiger partial charge in [-0.3, -0.25) is 0 Å². The molecule has 0 amide bonds. The number of hydrogen-bond donors (Lipinski definition) is 1. The van der Waals surface area contributed by atoms with Crippen LogP contribution in [0.15, 0.2) is 22.7 Å². The van der Waals surface area contributed by atoms with Crippen molar-refractivity contribution in [2.24, 2.45) is 0 Å². The van der Waals surface area contributed by atoms with Crippen molar-refractivity contribution in [2.75, 3.05) is 14.2 Å². The van der Waals surface area contributed by atoms with Gasteiger partial charge < -0.3 is 19.3 Å². The number of aryl methyl sites for hydroxylation is 1. The normalized spacial score (nSPS) is 10.6. The molecule has 6 heteroatoms. The fourth-order valence-electron chi connectivity index (χ4n) is 1.89. The fraction of sp³-hybridized carbons (Fsp3) is 0.357. The summed E-state index contributed by atoms with van der Waals surface area (Å²) in [5.41, 5.74) is 1.66. The van der Waals surface area contributed by atoms with Crippen LogP contribution in [0.25, 0.3) is 0 Å². The number of benzene rings is 1. The lowest BCUT2D eigenvalue weighted by molar-refractivity contribution is 0.268. The summed E-state index contributed by atoms with van der Waals surface area (Å²) in [6, 6.07) is 5.41. The van der Waals surface area contributed by atoms with Gasteiger partial charge in [-0.25, -0.2) is 0 Å².